The van der Waals surface area contributed by atoms with Crippen molar-refractivity contribution in [1.29, 1.82) is 5.26 Å². The van der Waals surface area contributed by atoms with E-state index >= 15 is 0 Å². The number of fused-ring (bicyclic) bond motifs is 1. The Labute approximate surface area is 256 Å². The summed E-state index contributed by atoms with van der Waals surface area (Å²) >= 11 is 4.34. The molecular weight excluding hydrogens is 585 g/mol. The Morgan fingerprint density at radius 3 is 2.69 bits per heavy atom. The third-order valence-electron chi connectivity index (χ3n) is 6.72. The van der Waals surface area contributed by atoms with Gasteiger partial charge < -0.3 is 16.0 Å². The van der Waals surface area contributed by atoms with Crippen molar-refractivity contribution < 1.29 is 14.4 Å². The Kier molecular flexibility index (Phi) is 9.54. The molecule has 1 aliphatic carbocycles. The highest BCUT2D eigenvalue weighted by molar-refractivity contribution is 8.00. The summed E-state index contributed by atoms with van der Waals surface area (Å²) in [7, 11) is 0. The number of hydrogen-bond donors (Lipinski definition) is 3. The van der Waals surface area contributed by atoms with Gasteiger partial charge in [-0.05, 0) is 89.5 Å². The number of nitrogens with zero attached hydrogens (tertiary/aromatic N) is 1. The van der Waals surface area contributed by atoms with E-state index in [0.29, 0.717) is 27.7 Å². The molecule has 3 N–H and O–H groups in total. The molecule has 3 amide bonds. The summed E-state index contributed by atoms with van der Waals surface area (Å²) in [6.07, 6.45) is 4.50. The third-order valence-corrected chi connectivity index (χ3v) is 9.59. The maximum atomic E-state index is 13.3. The van der Waals surface area contributed by atoms with E-state index in [-0.39, 0.29) is 23.3 Å². The van der Waals surface area contributed by atoms with Crippen LogP contribution in [0.4, 0.5) is 10.7 Å². The van der Waals surface area contributed by atoms with Crippen LogP contribution in [0, 0.1) is 17.2 Å². The van der Waals surface area contributed by atoms with Crippen LogP contribution in [0.15, 0.2) is 82.0 Å². The molecule has 0 fully saturated rings. The van der Waals surface area contributed by atoms with Crippen molar-refractivity contribution in [2.45, 2.75) is 31.1 Å². The van der Waals surface area contributed by atoms with Crippen LogP contribution in [0.1, 0.15) is 45.3 Å². The minimum Gasteiger partial charge on any atom is -0.321 e. The minimum atomic E-state index is -0.467. The second-order valence-electron chi connectivity index (χ2n) is 9.92. The lowest BCUT2D eigenvalue weighted by Crippen LogP contribution is -2.30. The largest absolute Gasteiger partial charge is 0.321 e. The van der Waals surface area contributed by atoms with Gasteiger partial charge in [0.1, 0.15) is 16.8 Å². The molecule has 0 spiro atoms. The van der Waals surface area contributed by atoms with Gasteiger partial charge in [0.2, 0.25) is 5.91 Å². The minimum absolute atomic E-state index is 0.112. The predicted molar refractivity (Wildman–Crippen MR) is 171 cm³/mol. The zero-order valence-electron chi connectivity index (χ0n) is 22.8. The summed E-state index contributed by atoms with van der Waals surface area (Å²) in [6.45, 7) is 2.21. The number of nitriles is 1. The van der Waals surface area contributed by atoms with Crippen LogP contribution in [0.25, 0.3) is 6.08 Å². The smallest absolute Gasteiger partial charge is 0.272 e. The highest BCUT2D eigenvalue weighted by Gasteiger charge is 2.24. The molecular formula is C32H28N4O3S3. The lowest BCUT2D eigenvalue weighted by atomic mass is 9.89. The molecule has 1 atom stereocenters. The molecule has 4 aromatic rings. The fraction of sp³-hybridized carbons (Fsp3) is 0.188. The fourth-order valence-electron chi connectivity index (χ4n) is 4.60. The van der Waals surface area contributed by atoms with Gasteiger partial charge in [0.15, 0.2) is 0 Å². The van der Waals surface area contributed by atoms with Gasteiger partial charge in [-0.25, -0.2) is 0 Å². The van der Waals surface area contributed by atoms with E-state index in [9.17, 15) is 19.6 Å². The summed E-state index contributed by atoms with van der Waals surface area (Å²) in [5.41, 5.74) is 3.56. The average molecular weight is 613 g/mol. The topological polar surface area (TPSA) is 111 Å². The first-order valence-corrected chi connectivity index (χ1v) is 16.1. The number of anilines is 2. The standard InChI is InChI=1S/C32H28N4O3S3/c1-20-10-11-25-26(17-33)32(42-28(25)14-20)36-29(37)19-41-24-9-5-8-23(16-24)34-31(39)27(15-21-12-13-40-18-21)35-30(38)22-6-3-2-4-7-22/h2-9,12-13,15-16,18,20H,10-11,14,19H2,1H3,(H,34,39)(H,35,38)(H,36,37)/b27-15-. The summed E-state index contributed by atoms with van der Waals surface area (Å²) in [4.78, 5) is 40.9. The average Bonchev–Trinajstić information content (AvgIpc) is 3.63. The van der Waals surface area contributed by atoms with Crippen LogP contribution >= 0.6 is 34.4 Å². The summed E-state index contributed by atoms with van der Waals surface area (Å²) in [5, 5.41) is 22.6. The lowest BCUT2D eigenvalue weighted by Gasteiger charge is -2.17. The van der Waals surface area contributed by atoms with Crippen molar-refractivity contribution in [3.63, 3.8) is 0 Å². The normalized spacial score (nSPS) is 14.4. The van der Waals surface area contributed by atoms with E-state index in [1.54, 1.807) is 48.5 Å². The number of hydrogen-bond acceptors (Lipinski definition) is 7. The van der Waals surface area contributed by atoms with Crippen molar-refractivity contribution in [1.82, 2.24) is 5.32 Å². The van der Waals surface area contributed by atoms with Crippen molar-refractivity contribution in [2.75, 3.05) is 16.4 Å². The van der Waals surface area contributed by atoms with Crippen LogP contribution in [-0.4, -0.2) is 23.5 Å². The Morgan fingerprint density at radius 2 is 1.93 bits per heavy atom. The Balaban J connectivity index is 1.23. The van der Waals surface area contributed by atoms with Gasteiger partial charge >= 0.3 is 0 Å². The van der Waals surface area contributed by atoms with Crippen LogP contribution in [0.2, 0.25) is 0 Å². The van der Waals surface area contributed by atoms with Gasteiger partial charge in [-0.2, -0.15) is 16.6 Å². The fourth-order valence-corrected chi connectivity index (χ4v) is 7.35. The highest BCUT2D eigenvalue weighted by atomic mass is 32.2. The van der Waals surface area contributed by atoms with Crippen LogP contribution < -0.4 is 16.0 Å². The van der Waals surface area contributed by atoms with Crippen LogP contribution in [0.5, 0.6) is 0 Å². The Morgan fingerprint density at radius 1 is 1.10 bits per heavy atom. The number of carbonyl (C=O) groups is 3. The highest BCUT2D eigenvalue weighted by Crippen LogP contribution is 2.39. The zero-order valence-corrected chi connectivity index (χ0v) is 25.3. The van der Waals surface area contributed by atoms with Crippen molar-refractivity contribution in [3.05, 3.63) is 104 Å². The van der Waals surface area contributed by atoms with Crippen molar-refractivity contribution in [3.8, 4) is 6.07 Å². The lowest BCUT2D eigenvalue weighted by molar-refractivity contribution is -0.114. The van der Waals surface area contributed by atoms with Crippen molar-refractivity contribution in [2.24, 2.45) is 5.92 Å². The Bertz CT molecular complexity index is 1670. The molecule has 212 valence electrons. The maximum absolute atomic E-state index is 13.3. The first-order valence-electron chi connectivity index (χ1n) is 13.4. The summed E-state index contributed by atoms with van der Waals surface area (Å²) in [5.74, 6) is -0.315. The summed E-state index contributed by atoms with van der Waals surface area (Å²) < 4.78 is 0. The zero-order chi connectivity index (χ0) is 29.5. The number of thioether (sulfide) groups is 1. The van der Waals surface area contributed by atoms with Gasteiger partial charge in [-0.15, -0.1) is 23.1 Å². The van der Waals surface area contributed by atoms with E-state index in [1.807, 2.05) is 29.0 Å². The molecule has 0 saturated carbocycles. The molecule has 1 unspecified atom stereocenters. The van der Waals surface area contributed by atoms with Gasteiger partial charge in [-0.1, -0.05) is 31.2 Å². The number of thiophene rings is 2. The molecule has 0 aliphatic heterocycles. The van der Waals surface area contributed by atoms with Gasteiger partial charge in [0.05, 0.1) is 11.3 Å². The molecule has 2 heterocycles. The summed E-state index contributed by atoms with van der Waals surface area (Å²) in [6, 6.07) is 20.0. The number of amides is 3. The number of carbonyl (C=O) groups excluding carboxylic acids is 3. The molecule has 10 heteroatoms. The molecule has 1 aliphatic rings. The van der Waals surface area contributed by atoms with Gasteiger partial charge in [-0.3, -0.25) is 14.4 Å². The van der Waals surface area contributed by atoms with Crippen molar-refractivity contribution >= 4 is 68.9 Å². The number of rotatable bonds is 9. The molecule has 0 radical (unpaired) electrons. The van der Waals surface area contributed by atoms with Crippen LogP contribution in [0.3, 0.4) is 0 Å². The molecule has 42 heavy (non-hydrogen) atoms. The van der Waals surface area contributed by atoms with E-state index < -0.39 is 5.91 Å². The van der Waals surface area contributed by atoms with Gasteiger partial charge in [0.25, 0.3) is 11.8 Å². The van der Waals surface area contributed by atoms with E-state index in [0.717, 1.165) is 35.3 Å². The number of benzene rings is 2. The predicted octanol–water partition coefficient (Wildman–Crippen LogP) is 6.95. The molecule has 2 aromatic carbocycles. The molecule has 0 bridgehead atoms. The van der Waals surface area contributed by atoms with E-state index in [1.165, 1.54) is 39.3 Å². The number of nitrogens with one attached hydrogen (secondary N) is 3. The molecule has 2 aromatic heterocycles. The molecule has 0 saturated heterocycles. The quantitative estimate of drug-likeness (QED) is 0.140. The first kappa shape index (κ1) is 29.3. The second-order valence-corrected chi connectivity index (χ2v) is 12.9. The molecule has 5 rings (SSSR count). The Hall–Kier alpha value is -4.17. The SMILES string of the molecule is CC1CCc2c(sc(NC(=O)CSc3cccc(NC(=O)/C(=C/c4ccsc4)NC(=O)c4ccccc4)c3)c2C#N)C1. The second kappa shape index (κ2) is 13.7. The van der Waals surface area contributed by atoms with E-state index in [4.69, 9.17) is 0 Å². The first-order chi connectivity index (χ1) is 20.4. The molecule has 7 nitrogen and oxygen atoms in total. The monoisotopic (exact) mass is 612 g/mol. The van der Waals surface area contributed by atoms with Gasteiger partial charge in [0, 0.05) is 21.0 Å². The van der Waals surface area contributed by atoms with Crippen LogP contribution in [-0.2, 0) is 22.4 Å². The third kappa shape index (κ3) is 7.36. The van der Waals surface area contributed by atoms with E-state index in [2.05, 4.69) is 28.9 Å². The maximum Gasteiger partial charge on any atom is 0.272 e.